The second-order valence-electron chi connectivity index (χ2n) is 5.80. The van der Waals surface area contributed by atoms with Crippen LogP contribution in [0.15, 0.2) is 24.3 Å². The van der Waals surface area contributed by atoms with Gasteiger partial charge >= 0.3 is 0 Å². The third-order valence-corrected chi connectivity index (χ3v) is 4.19. The lowest BCUT2D eigenvalue weighted by Gasteiger charge is -2.24. The van der Waals surface area contributed by atoms with Crippen molar-refractivity contribution in [3.63, 3.8) is 0 Å². The van der Waals surface area contributed by atoms with Gasteiger partial charge in [0.05, 0.1) is 12.6 Å². The summed E-state index contributed by atoms with van der Waals surface area (Å²) in [5.74, 6) is -3.00. The van der Waals surface area contributed by atoms with E-state index in [-0.39, 0.29) is 5.91 Å². The number of benzene rings is 1. The van der Waals surface area contributed by atoms with Gasteiger partial charge in [-0.05, 0) is 11.6 Å². The summed E-state index contributed by atoms with van der Waals surface area (Å²) in [4.78, 5) is 16.2. The molecule has 6 heteroatoms. The van der Waals surface area contributed by atoms with E-state index in [0.717, 1.165) is 11.3 Å². The van der Waals surface area contributed by atoms with Gasteiger partial charge in [0, 0.05) is 38.8 Å². The summed E-state index contributed by atoms with van der Waals surface area (Å²) < 4.78 is 26.5. The molecule has 1 fully saturated rings. The summed E-state index contributed by atoms with van der Waals surface area (Å²) in [7, 11) is 1.98. The molecule has 0 radical (unpaired) electrons. The first-order chi connectivity index (χ1) is 9.96. The molecule has 2 aliphatic rings. The van der Waals surface area contributed by atoms with Crippen LogP contribution in [0.2, 0.25) is 0 Å². The van der Waals surface area contributed by atoms with Crippen LogP contribution in [0.1, 0.15) is 12.0 Å². The average molecular weight is 295 g/mol. The quantitative estimate of drug-likeness (QED) is 0.852. The fourth-order valence-corrected chi connectivity index (χ4v) is 2.99. The Morgan fingerprint density at radius 2 is 2.10 bits per heavy atom. The van der Waals surface area contributed by atoms with Crippen molar-refractivity contribution in [3.05, 3.63) is 29.8 Å². The van der Waals surface area contributed by atoms with Crippen molar-refractivity contribution in [1.29, 1.82) is 0 Å². The second-order valence-corrected chi connectivity index (χ2v) is 5.80. The van der Waals surface area contributed by atoms with E-state index in [0.29, 0.717) is 19.6 Å². The van der Waals surface area contributed by atoms with Crippen LogP contribution in [0.5, 0.6) is 0 Å². The van der Waals surface area contributed by atoms with Crippen LogP contribution in [-0.4, -0.2) is 49.5 Å². The summed E-state index contributed by atoms with van der Waals surface area (Å²) in [5, 5.41) is 2.64. The predicted octanol–water partition coefficient (Wildman–Crippen LogP) is 1.46. The zero-order valence-corrected chi connectivity index (χ0v) is 12.0. The van der Waals surface area contributed by atoms with Crippen LogP contribution < -0.4 is 10.2 Å². The zero-order chi connectivity index (χ0) is 15.0. The van der Waals surface area contributed by atoms with Gasteiger partial charge in [0.2, 0.25) is 5.91 Å². The Kier molecular flexibility index (Phi) is 3.57. The van der Waals surface area contributed by atoms with Crippen LogP contribution >= 0.6 is 0 Å². The van der Waals surface area contributed by atoms with E-state index in [1.807, 2.05) is 31.3 Å². The molecule has 3 rings (SSSR count). The Hall–Kier alpha value is -1.69. The molecule has 2 aliphatic heterocycles. The second kappa shape index (κ2) is 5.26. The van der Waals surface area contributed by atoms with Crippen molar-refractivity contribution in [2.24, 2.45) is 0 Å². The lowest BCUT2D eigenvalue weighted by molar-refractivity contribution is -0.134. The molecule has 1 N–H and O–H groups in total. The fourth-order valence-electron chi connectivity index (χ4n) is 2.99. The molecule has 0 saturated carbocycles. The Bertz CT molecular complexity index is 549. The van der Waals surface area contributed by atoms with Gasteiger partial charge in [-0.2, -0.15) is 0 Å². The molecule has 21 heavy (non-hydrogen) atoms. The number of fused-ring (bicyclic) bond motifs is 1. The minimum Gasteiger partial charge on any atom is -0.373 e. The van der Waals surface area contributed by atoms with Gasteiger partial charge in [-0.15, -0.1) is 0 Å². The van der Waals surface area contributed by atoms with Crippen LogP contribution in [0, 0.1) is 0 Å². The van der Waals surface area contributed by atoms with Gasteiger partial charge in [-0.1, -0.05) is 18.2 Å². The number of carbonyl (C=O) groups is 1. The number of rotatable bonds is 1. The Morgan fingerprint density at radius 1 is 1.33 bits per heavy atom. The maximum atomic E-state index is 13.3. The molecule has 1 amide bonds. The molecule has 2 heterocycles. The largest absolute Gasteiger partial charge is 0.373 e. The molecule has 1 aromatic rings. The highest BCUT2D eigenvalue weighted by molar-refractivity contribution is 5.83. The van der Waals surface area contributed by atoms with E-state index < -0.39 is 24.9 Å². The lowest BCUT2D eigenvalue weighted by Crippen LogP contribution is -2.44. The van der Waals surface area contributed by atoms with E-state index in [1.54, 1.807) is 4.90 Å². The highest BCUT2D eigenvalue weighted by Crippen LogP contribution is 2.28. The molecule has 0 spiro atoms. The molecular weight excluding hydrogens is 276 g/mol. The number of hydrogen-bond acceptors (Lipinski definition) is 3. The number of anilines is 1. The number of alkyl halides is 2. The van der Waals surface area contributed by atoms with E-state index >= 15 is 0 Å². The molecule has 114 valence electrons. The summed E-state index contributed by atoms with van der Waals surface area (Å²) in [5.41, 5.74) is 2.15. The standard InChI is InChI=1S/C15H19F2N3O/c1-19-6-7-20(9-11-4-2-3-5-13(11)19)14(21)12-8-15(16,17)10-18-12/h2-5,12,18H,6-10H2,1H3. The van der Waals surface area contributed by atoms with Gasteiger partial charge in [0.15, 0.2) is 0 Å². The van der Waals surface area contributed by atoms with Gasteiger partial charge in [-0.3, -0.25) is 10.1 Å². The molecule has 1 saturated heterocycles. The Balaban J connectivity index is 1.77. The molecule has 4 nitrogen and oxygen atoms in total. The molecule has 1 atom stereocenters. The third kappa shape index (κ3) is 2.85. The Morgan fingerprint density at radius 3 is 2.81 bits per heavy atom. The van der Waals surface area contributed by atoms with Gasteiger partial charge in [-0.25, -0.2) is 8.78 Å². The number of halogens is 2. The summed E-state index contributed by atoms with van der Waals surface area (Å²) in [6.45, 7) is 1.32. The third-order valence-electron chi connectivity index (χ3n) is 4.19. The number of nitrogens with one attached hydrogen (secondary N) is 1. The normalized spacial score (nSPS) is 24.6. The predicted molar refractivity (Wildman–Crippen MR) is 76.5 cm³/mol. The van der Waals surface area contributed by atoms with Crippen LogP contribution in [0.3, 0.4) is 0 Å². The number of amides is 1. The molecule has 1 unspecified atom stereocenters. The number of nitrogens with zero attached hydrogens (tertiary/aromatic N) is 2. The highest BCUT2D eigenvalue weighted by Gasteiger charge is 2.43. The summed E-state index contributed by atoms with van der Waals surface area (Å²) >= 11 is 0. The van der Waals surface area contributed by atoms with E-state index in [1.165, 1.54) is 0 Å². The van der Waals surface area contributed by atoms with E-state index in [9.17, 15) is 13.6 Å². The smallest absolute Gasteiger partial charge is 0.262 e. The zero-order valence-electron chi connectivity index (χ0n) is 12.0. The lowest BCUT2D eigenvalue weighted by atomic mass is 10.1. The average Bonchev–Trinajstić information content (AvgIpc) is 2.73. The molecule has 0 aromatic heterocycles. The summed E-state index contributed by atoms with van der Waals surface area (Å²) in [6.07, 6.45) is -0.403. The van der Waals surface area contributed by atoms with Crippen molar-refractivity contribution in [2.75, 3.05) is 31.6 Å². The minimum absolute atomic E-state index is 0.225. The molecular formula is C15H19F2N3O. The fraction of sp³-hybridized carbons (Fsp3) is 0.533. The van der Waals surface area contributed by atoms with E-state index in [4.69, 9.17) is 0 Å². The first-order valence-electron chi connectivity index (χ1n) is 7.15. The molecule has 0 bridgehead atoms. The SMILES string of the molecule is CN1CCN(C(=O)C2CC(F)(F)CN2)Cc2ccccc21. The summed E-state index contributed by atoms with van der Waals surface area (Å²) in [6, 6.07) is 7.13. The maximum absolute atomic E-state index is 13.3. The van der Waals surface area contributed by atoms with E-state index in [2.05, 4.69) is 10.2 Å². The number of likely N-dealkylation sites (N-methyl/N-ethyl adjacent to an activating group) is 1. The van der Waals surface area contributed by atoms with Crippen molar-refractivity contribution in [3.8, 4) is 0 Å². The van der Waals surface area contributed by atoms with Crippen molar-refractivity contribution in [2.45, 2.75) is 24.9 Å². The van der Waals surface area contributed by atoms with Gasteiger partial charge in [0.25, 0.3) is 5.92 Å². The first kappa shape index (κ1) is 14.3. The van der Waals surface area contributed by atoms with Gasteiger partial charge in [0.1, 0.15) is 0 Å². The van der Waals surface area contributed by atoms with Crippen LogP contribution in [-0.2, 0) is 11.3 Å². The Labute approximate surface area is 122 Å². The van der Waals surface area contributed by atoms with Crippen LogP contribution in [0.4, 0.5) is 14.5 Å². The van der Waals surface area contributed by atoms with Crippen molar-refractivity contribution in [1.82, 2.24) is 10.2 Å². The molecule has 0 aliphatic carbocycles. The van der Waals surface area contributed by atoms with Crippen molar-refractivity contribution >= 4 is 11.6 Å². The van der Waals surface area contributed by atoms with Gasteiger partial charge < -0.3 is 9.80 Å². The number of hydrogen-bond donors (Lipinski definition) is 1. The number of carbonyl (C=O) groups excluding carboxylic acids is 1. The number of para-hydroxylation sites is 1. The molecule has 1 aromatic carbocycles. The maximum Gasteiger partial charge on any atom is 0.262 e. The minimum atomic E-state index is -2.78. The first-order valence-corrected chi connectivity index (χ1v) is 7.15. The van der Waals surface area contributed by atoms with Crippen LogP contribution in [0.25, 0.3) is 0 Å². The topological polar surface area (TPSA) is 35.6 Å². The van der Waals surface area contributed by atoms with Crippen molar-refractivity contribution < 1.29 is 13.6 Å². The highest BCUT2D eigenvalue weighted by atomic mass is 19.3. The monoisotopic (exact) mass is 295 g/mol.